The third kappa shape index (κ3) is 12.7. The lowest BCUT2D eigenvalue weighted by molar-refractivity contribution is -0.173. The summed E-state index contributed by atoms with van der Waals surface area (Å²) in [4.78, 5) is 25.5. The molecule has 250 valence electrons. The van der Waals surface area contributed by atoms with Crippen LogP contribution in [0.1, 0.15) is 62.3 Å². The largest absolute Gasteiger partial charge is 0.489 e. The van der Waals surface area contributed by atoms with Crippen LogP contribution in [0.15, 0.2) is 109 Å². The molecular formula is C40H47IO6. The van der Waals surface area contributed by atoms with Gasteiger partial charge in [-0.3, -0.25) is 9.59 Å². The van der Waals surface area contributed by atoms with Crippen molar-refractivity contribution in [3.8, 4) is 11.5 Å². The van der Waals surface area contributed by atoms with Gasteiger partial charge in [-0.05, 0) is 86.1 Å². The molecule has 47 heavy (non-hydrogen) atoms. The lowest BCUT2D eigenvalue weighted by Gasteiger charge is -2.29. The van der Waals surface area contributed by atoms with Gasteiger partial charge in [0.15, 0.2) is 5.41 Å². The maximum absolute atomic E-state index is 12.8. The SMILES string of the molecule is CCCC(CCc1cccc(OCc2ccccc2)c1)(C(=O)OCC)C(=O)OCC.ICCc1cccc(OCc2ccccc2)c1. The molecule has 7 heteroatoms. The van der Waals surface area contributed by atoms with E-state index in [0.717, 1.165) is 33.5 Å². The summed E-state index contributed by atoms with van der Waals surface area (Å²) in [6.45, 7) is 7.01. The molecule has 0 bridgehead atoms. The predicted molar refractivity (Wildman–Crippen MR) is 196 cm³/mol. The number of ether oxygens (including phenoxy) is 4. The Morgan fingerprint density at radius 3 is 1.45 bits per heavy atom. The summed E-state index contributed by atoms with van der Waals surface area (Å²) in [5.74, 6) is 0.712. The van der Waals surface area contributed by atoms with Crippen LogP contribution in [0.5, 0.6) is 11.5 Å². The Labute approximate surface area is 293 Å². The molecule has 0 fully saturated rings. The zero-order valence-electron chi connectivity index (χ0n) is 27.8. The number of hydrogen-bond acceptors (Lipinski definition) is 6. The highest BCUT2D eigenvalue weighted by Crippen LogP contribution is 2.34. The van der Waals surface area contributed by atoms with E-state index in [9.17, 15) is 9.59 Å². The normalized spacial score (nSPS) is 10.7. The molecule has 6 nitrogen and oxygen atoms in total. The van der Waals surface area contributed by atoms with E-state index in [-0.39, 0.29) is 13.2 Å². The summed E-state index contributed by atoms with van der Waals surface area (Å²) >= 11 is 2.39. The Hall–Kier alpha value is -3.85. The highest BCUT2D eigenvalue weighted by molar-refractivity contribution is 14.1. The molecule has 4 rings (SSSR count). The molecule has 0 aliphatic rings. The molecule has 0 N–H and O–H groups in total. The minimum atomic E-state index is -1.28. The standard InChI is InChI=1S/C25H32O5.C15H15IO/c1-4-16-25(23(26)28-5-2,24(27)29-6-3)17-15-20-13-10-14-22(18-20)30-19-21-11-8-7-9-12-21;16-10-9-13-7-4-8-15(11-13)17-12-14-5-2-1-3-6-14/h7-14,18H,4-6,15-17,19H2,1-3H3;1-8,11H,9-10,12H2. The van der Waals surface area contributed by atoms with Crippen molar-refractivity contribution >= 4 is 34.5 Å². The summed E-state index contributed by atoms with van der Waals surface area (Å²) < 4.78 is 23.3. The molecule has 0 amide bonds. The molecule has 0 saturated carbocycles. The van der Waals surface area contributed by atoms with Crippen molar-refractivity contribution in [1.29, 1.82) is 0 Å². The molecule has 4 aromatic rings. The molecule has 4 aromatic carbocycles. The molecule has 0 atom stereocenters. The molecule has 0 radical (unpaired) electrons. The van der Waals surface area contributed by atoms with E-state index in [1.54, 1.807) is 13.8 Å². The summed E-state index contributed by atoms with van der Waals surface area (Å²) in [7, 11) is 0. The topological polar surface area (TPSA) is 71.1 Å². The van der Waals surface area contributed by atoms with Crippen LogP contribution in [0.4, 0.5) is 0 Å². The first kappa shape index (κ1) is 37.6. The van der Waals surface area contributed by atoms with Crippen LogP contribution in [0.25, 0.3) is 0 Å². The number of halogens is 1. The Morgan fingerprint density at radius 1 is 0.574 bits per heavy atom. The summed E-state index contributed by atoms with van der Waals surface area (Å²) in [5.41, 5.74) is 3.35. The number of esters is 2. The minimum absolute atomic E-state index is 0.229. The van der Waals surface area contributed by atoms with Crippen molar-refractivity contribution in [2.24, 2.45) is 5.41 Å². The average molecular weight is 751 g/mol. The van der Waals surface area contributed by atoms with Gasteiger partial charge in [0.25, 0.3) is 0 Å². The van der Waals surface area contributed by atoms with E-state index in [1.807, 2.05) is 85.8 Å². The number of rotatable bonds is 17. The fourth-order valence-electron chi connectivity index (χ4n) is 5.11. The number of aryl methyl sites for hydroxylation is 2. The summed E-state index contributed by atoms with van der Waals surface area (Å²) in [6, 6.07) is 36.3. The third-order valence-corrected chi connectivity index (χ3v) is 8.07. The van der Waals surface area contributed by atoms with E-state index >= 15 is 0 Å². The van der Waals surface area contributed by atoms with E-state index in [2.05, 4.69) is 52.9 Å². The number of alkyl halides is 1. The van der Waals surface area contributed by atoms with Crippen LogP contribution < -0.4 is 9.47 Å². The number of carbonyl (C=O) groups excluding carboxylic acids is 2. The fraction of sp³-hybridized carbons (Fsp3) is 0.350. The number of benzene rings is 4. The monoisotopic (exact) mass is 750 g/mol. The Morgan fingerprint density at radius 2 is 1.02 bits per heavy atom. The van der Waals surface area contributed by atoms with Gasteiger partial charge in [0.2, 0.25) is 0 Å². The van der Waals surface area contributed by atoms with E-state index in [0.29, 0.717) is 38.9 Å². The smallest absolute Gasteiger partial charge is 0.323 e. The minimum Gasteiger partial charge on any atom is -0.489 e. The molecule has 0 aliphatic heterocycles. The van der Waals surface area contributed by atoms with Crippen LogP contribution >= 0.6 is 22.6 Å². The van der Waals surface area contributed by atoms with Gasteiger partial charge in [-0.2, -0.15) is 0 Å². The van der Waals surface area contributed by atoms with Gasteiger partial charge in [-0.25, -0.2) is 0 Å². The van der Waals surface area contributed by atoms with Gasteiger partial charge in [0, 0.05) is 4.43 Å². The zero-order valence-corrected chi connectivity index (χ0v) is 29.9. The molecule has 0 aliphatic carbocycles. The van der Waals surface area contributed by atoms with Crippen LogP contribution in [-0.2, 0) is 45.1 Å². The second kappa shape index (κ2) is 21.1. The van der Waals surface area contributed by atoms with Gasteiger partial charge in [0.05, 0.1) is 13.2 Å². The quantitative estimate of drug-likeness (QED) is 0.0464. The van der Waals surface area contributed by atoms with Crippen LogP contribution in [0.2, 0.25) is 0 Å². The Kier molecular flexibility index (Phi) is 16.9. The van der Waals surface area contributed by atoms with E-state index in [1.165, 1.54) is 11.1 Å². The molecule has 0 unspecified atom stereocenters. The van der Waals surface area contributed by atoms with Crippen molar-refractivity contribution in [2.75, 3.05) is 17.6 Å². The van der Waals surface area contributed by atoms with Gasteiger partial charge in [-0.1, -0.05) is 121 Å². The Balaban J connectivity index is 0.000000297. The molecule has 0 aromatic heterocycles. The van der Waals surface area contributed by atoms with E-state index in [4.69, 9.17) is 18.9 Å². The van der Waals surface area contributed by atoms with Crippen molar-refractivity contribution in [3.05, 3.63) is 131 Å². The van der Waals surface area contributed by atoms with Gasteiger partial charge in [0.1, 0.15) is 24.7 Å². The average Bonchev–Trinajstić information content (AvgIpc) is 3.10. The fourth-order valence-corrected chi connectivity index (χ4v) is 5.73. The first-order chi connectivity index (χ1) is 22.9. The highest BCUT2D eigenvalue weighted by atomic mass is 127. The van der Waals surface area contributed by atoms with Crippen molar-refractivity contribution < 1.29 is 28.5 Å². The number of hydrogen-bond donors (Lipinski definition) is 0. The summed E-state index contributed by atoms with van der Waals surface area (Å²) in [5, 5.41) is 0. The second-order valence-electron chi connectivity index (χ2n) is 11.1. The maximum atomic E-state index is 12.8. The van der Waals surface area contributed by atoms with Gasteiger partial charge < -0.3 is 18.9 Å². The third-order valence-electron chi connectivity index (χ3n) is 7.53. The second-order valence-corrected chi connectivity index (χ2v) is 12.1. The van der Waals surface area contributed by atoms with Crippen LogP contribution in [-0.4, -0.2) is 29.6 Å². The zero-order chi connectivity index (χ0) is 33.7. The molecule has 0 saturated heterocycles. The van der Waals surface area contributed by atoms with Crippen molar-refractivity contribution in [2.45, 2.75) is 66.1 Å². The lowest BCUT2D eigenvalue weighted by atomic mass is 9.78. The number of carbonyl (C=O) groups is 2. The van der Waals surface area contributed by atoms with Gasteiger partial charge in [-0.15, -0.1) is 0 Å². The predicted octanol–water partition coefficient (Wildman–Crippen LogP) is 9.35. The lowest BCUT2D eigenvalue weighted by Crippen LogP contribution is -2.42. The summed E-state index contributed by atoms with van der Waals surface area (Å²) in [6.07, 6.45) is 3.05. The first-order valence-electron chi connectivity index (χ1n) is 16.4. The van der Waals surface area contributed by atoms with Crippen LogP contribution in [0, 0.1) is 5.41 Å². The van der Waals surface area contributed by atoms with Gasteiger partial charge >= 0.3 is 11.9 Å². The van der Waals surface area contributed by atoms with E-state index < -0.39 is 17.4 Å². The highest BCUT2D eigenvalue weighted by Gasteiger charge is 2.47. The molecular weight excluding hydrogens is 703 g/mol. The Bertz CT molecular complexity index is 1460. The molecule has 0 spiro atoms. The van der Waals surface area contributed by atoms with Crippen molar-refractivity contribution in [1.82, 2.24) is 0 Å². The van der Waals surface area contributed by atoms with Crippen molar-refractivity contribution in [3.63, 3.8) is 0 Å². The van der Waals surface area contributed by atoms with Crippen LogP contribution in [0.3, 0.4) is 0 Å². The molecule has 0 heterocycles. The maximum Gasteiger partial charge on any atom is 0.323 e. The first-order valence-corrected chi connectivity index (χ1v) is 17.9.